The van der Waals surface area contributed by atoms with Crippen molar-refractivity contribution in [1.82, 2.24) is 10.3 Å². The van der Waals surface area contributed by atoms with Crippen molar-refractivity contribution in [2.75, 3.05) is 10.8 Å². The summed E-state index contributed by atoms with van der Waals surface area (Å²) in [5, 5.41) is 2.97. The molecule has 1 aromatic heterocycles. The number of ether oxygens (including phenoxy) is 1. The highest BCUT2D eigenvalue weighted by molar-refractivity contribution is 9.10. The molecule has 7 nitrogen and oxygen atoms in total. The van der Waals surface area contributed by atoms with Gasteiger partial charge < -0.3 is 10.1 Å². The van der Waals surface area contributed by atoms with Crippen molar-refractivity contribution < 1.29 is 17.9 Å². The number of hydrogen-bond acceptors (Lipinski definition) is 5. The number of alkyl carbamates (subject to hydrolysis) is 1. The van der Waals surface area contributed by atoms with Gasteiger partial charge in [-0.15, -0.1) is 0 Å². The Bertz CT molecular complexity index is 1250. The summed E-state index contributed by atoms with van der Waals surface area (Å²) >= 11 is 9.38. The maximum Gasteiger partial charge on any atom is 0.407 e. The van der Waals surface area contributed by atoms with Crippen LogP contribution in [0.2, 0.25) is 5.15 Å². The highest BCUT2D eigenvalue weighted by Crippen LogP contribution is 2.30. The zero-order valence-electron chi connectivity index (χ0n) is 19.6. The van der Waals surface area contributed by atoms with Gasteiger partial charge in [0.25, 0.3) is 10.0 Å². The molecule has 0 saturated heterocycles. The van der Waals surface area contributed by atoms with Crippen molar-refractivity contribution in [3.63, 3.8) is 0 Å². The van der Waals surface area contributed by atoms with Crippen molar-refractivity contribution in [2.45, 2.75) is 43.7 Å². The Morgan fingerprint density at radius 3 is 2.29 bits per heavy atom. The molecule has 186 valence electrons. The molecule has 0 bridgehead atoms. The minimum atomic E-state index is -4.02. The van der Waals surface area contributed by atoms with E-state index in [1.165, 1.54) is 22.6 Å². The first kappa shape index (κ1) is 27.0. The molecule has 0 aliphatic heterocycles. The molecule has 1 N–H and O–H groups in total. The largest absolute Gasteiger partial charge is 0.444 e. The van der Waals surface area contributed by atoms with Crippen LogP contribution in [0, 0.1) is 0 Å². The van der Waals surface area contributed by atoms with E-state index in [9.17, 15) is 13.2 Å². The zero-order valence-corrected chi connectivity index (χ0v) is 22.8. The van der Waals surface area contributed by atoms with Gasteiger partial charge in [0.2, 0.25) is 0 Å². The summed E-state index contributed by atoms with van der Waals surface area (Å²) in [6, 6.07) is 19.1. The lowest BCUT2D eigenvalue weighted by Crippen LogP contribution is -2.46. The smallest absolute Gasteiger partial charge is 0.407 e. The van der Waals surface area contributed by atoms with E-state index in [4.69, 9.17) is 16.3 Å². The molecule has 0 unspecified atom stereocenters. The second-order valence-corrected chi connectivity index (χ2v) is 12.0. The number of halogens is 2. The number of anilines is 1. The lowest BCUT2D eigenvalue weighted by Gasteiger charge is -2.30. The van der Waals surface area contributed by atoms with Crippen molar-refractivity contribution >= 4 is 49.3 Å². The van der Waals surface area contributed by atoms with Gasteiger partial charge in [0.1, 0.15) is 11.3 Å². The molecule has 0 saturated carbocycles. The average molecular weight is 581 g/mol. The number of carbonyl (C=O) groups excluding carboxylic acids is 1. The van der Waals surface area contributed by atoms with Crippen LogP contribution in [0.3, 0.4) is 0 Å². The molecule has 3 aromatic rings. The standard InChI is InChI=1S/C25H27BrClN3O4S/c1-25(2,3)29-24(31)34-20(14-18-10-6-4-7-11-18)17-30(19-15-22(26)23(27)28-16-19)35(32,33)21-12-8-5-9-13-21/h4-13,15-16,20H,14,17H2,1-3H3,(H,29,31)/t20-/m0/s1. The van der Waals surface area contributed by atoms with Gasteiger partial charge >= 0.3 is 6.09 Å². The third kappa shape index (κ3) is 7.68. The molecule has 0 aliphatic rings. The Morgan fingerprint density at radius 1 is 1.11 bits per heavy atom. The van der Waals surface area contributed by atoms with E-state index in [1.807, 2.05) is 51.1 Å². The number of hydrogen-bond donors (Lipinski definition) is 1. The first-order valence-electron chi connectivity index (χ1n) is 10.9. The minimum absolute atomic E-state index is 0.101. The number of pyridine rings is 1. The fourth-order valence-electron chi connectivity index (χ4n) is 3.30. The van der Waals surface area contributed by atoms with Gasteiger partial charge in [-0.1, -0.05) is 60.1 Å². The second kappa shape index (κ2) is 11.4. The number of carbonyl (C=O) groups is 1. The number of sulfonamides is 1. The molecule has 0 aliphatic carbocycles. The number of aromatic nitrogens is 1. The number of nitrogens with zero attached hydrogens (tertiary/aromatic N) is 2. The maximum atomic E-state index is 13.7. The Kier molecular flexibility index (Phi) is 8.79. The van der Waals surface area contributed by atoms with Gasteiger partial charge in [0.15, 0.2) is 0 Å². The fraction of sp³-hybridized carbons (Fsp3) is 0.280. The van der Waals surface area contributed by atoms with Crippen LogP contribution < -0.4 is 9.62 Å². The normalized spacial score (nSPS) is 12.6. The van der Waals surface area contributed by atoms with Gasteiger partial charge in [0, 0.05) is 12.0 Å². The summed E-state index contributed by atoms with van der Waals surface area (Å²) in [4.78, 5) is 16.9. The van der Waals surface area contributed by atoms with E-state index >= 15 is 0 Å². The number of benzene rings is 2. The fourth-order valence-corrected chi connectivity index (χ4v) is 5.24. The molecular formula is C25H27BrClN3O4S. The summed E-state index contributed by atoms with van der Waals surface area (Å²) in [6.45, 7) is 5.37. The molecular weight excluding hydrogens is 554 g/mol. The first-order valence-corrected chi connectivity index (χ1v) is 13.5. The molecule has 1 heterocycles. The zero-order chi connectivity index (χ0) is 25.6. The van der Waals surface area contributed by atoms with Crippen LogP contribution in [-0.4, -0.2) is 37.7 Å². The Morgan fingerprint density at radius 2 is 1.71 bits per heavy atom. The Labute approximate surface area is 219 Å². The van der Waals surface area contributed by atoms with Crippen LogP contribution in [0.5, 0.6) is 0 Å². The molecule has 35 heavy (non-hydrogen) atoms. The topological polar surface area (TPSA) is 88.6 Å². The highest BCUT2D eigenvalue weighted by atomic mass is 79.9. The van der Waals surface area contributed by atoms with Gasteiger partial charge in [-0.2, -0.15) is 0 Å². The molecule has 0 fully saturated rings. The van der Waals surface area contributed by atoms with Crippen LogP contribution in [0.4, 0.5) is 10.5 Å². The molecule has 2 aromatic carbocycles. The minimum Gasteiger partial charge on any atom is -0.444 e. The van der Waals surface area contributed by atoms with Gasteiger partial charge in [0.05, 0.1) is 27.8 Å². The van der Waals surface area contributed by atoms with E-state index in [2.05, 4.69) is 26.2 Å². The van der Waals surface area contributed by atoms with Crippen LogP contribution in [-0.2, 0) is 21.2 Å². The third-order valence-corrected chi connectivity index (χ3v) is 7.77. The predicted molar refractivity (Wildman–Crippen MR) is 141 cm³/mol. The lowest BCUT2D eigenvalue weighted by atomic mass is 10.1. The molecule has 1 atom stereocenters. The lowest BCUT2D eigenvalue weighted by molar-refractivity contribution is 0.0954. The van der Waals surface area contributed by atoms with Gasteiger partial charge in [-0.25, -0.2) is 18.2 Å². The van der Waals surface area contributed by atoms with E-state index in [1.54, 1.807) is 24.3 Å². The third-order valence-electron chi connectivity index (χ3n) is 4.83. The van der Waals surface area contributed by atoms with Crippen molar-refractivity contribution in [3.8, 4) is 0 Å². The van der Waals surface area contributed by atoms with Crippen molar-refractivity contribution in [2.24, 2.45) is 0 Å². The second-order valence-electron chi connectivity index (χ2n) is 8.91. The molecule has 0 spiro atoms. The van der Waals surface area contributed by atoms with Crippen LogP contribution >= 0.6 is 27.5 Å². The number of rotatable bonds is 8. The van der Waals surface area contributed by atoms with E-state index in [-0.39, 0.29) is 22.3 Å². The van der Waals surface area contributed by atoms with Crippen LogP contribution in [0.1, 0.15) is 26.3 Å². The predicted octanol–water partition coefficient (Wildman–Crippen LogP) is 5.83. The van der Waals surface area contributed by atoms with Crippen molar-refractivity contribution in [3.05, 3.63) is 88.1 Å². The molecule has 1 amide bonds. The SMILES string of the molecule is CC(C)(C)NC(=O)O[C@@H](Cc1ccccc1)CN(c1cnc(Cl)c(Br)c1)S(=O)(=O)c1ccccc1. The molecule has 10 heteroatoms. The van der Waals surface area contributed by atoms with Gasteiger partial charge in [-0.3, -0.25) is 4.31 Å². The molecule has 0 radical (unpaired) electrons. The summed E-state index contributed by atoms with van der Waals surface area (Å²) in [6.07, 6.45) is 0.252. The molecule has 3 rings (SSSR count). The summed E-state index contributed by atoms with van der Waals surface area (Å²) in [5.74, 6) is 0. The maximum absolute atomic E-state index is 13.7. The average Bonchev–Trinajstić information content (AvgIpc) is 2.79. The summed E-state index contributed by atoms with van der Waals surface area (Å²) in [7, 11) is -4.02. The highest BCUT2D eigenvalue weighted by Gasteiger charge is 2.30. The van der Waals surface area contributed by atoms with Crippen molar-refractivity contribution in [1.29, 1.82) is 0 Å². The Hall–Kier alpha value is -2.62. The van der Waals surface area contributed by atoms with Crippen LogP contribution in [0.15, 0.2) is 82.3 Å². The van der Waals surface area contributed by atoms with E-state index in [0.29, 0.717) is 10.9 Å². The Balaban J connectivity index is 2.02. The summed E-state index contributed by atoms with van der Waals surface area (Å²) in [5.41, 5.74) is 0.659. The summed E-state index contributed by atoms with van der Waals surface area (Å²) < 4.78 is 34.8. The monoisotopic (exact) mass is 579 g/mol. The van der Waals surface area contributed by atoms with Gasteiger partial charge in [-0.05, 0) is 60.5 Å². The van der Waals surface area contributed by atoms with E-state index in [0.717, 1.165) is 5.56 Å². The number of amides is 1. The quantitative estimate of drug-likeness (QED) is 0.339. The van der Waals surface area contributed by atoms with E-state index < -0.39 is 27.8 Å². The first-order chi connectivity index (χ1) is 16.5. The van der Waals surface area contributed by atoms with Crippen LogP contribution in [0.25, 0.3) is 0 Å². The number of nitrogens with one attached hydrogen (secondary N) is 1.